The number of aromatic nitrogens is 2. The zero-order valence-electron chi connectivity index (χ0n) is 15.3. The zero-order valence-corrected chi connectivity index (χ0v) is 15.3. The van der Waals surface area contributed by atoms with E-state index in [4.69, 9.17) is 9.97 Å². The number of anilines is 1. The highest BCUT2D eigenvalue weighted by Gasteiger charge is 2.12. The fourth-order valence-electron chi connectivity index (χ4n) is 3.10. The molecular formula is C23H21N3. The molecule has 0 saturated carbocycles. The van der Waals surface area contributed by atoms with Crippen LogP contribution in [0, 0.1) is 6.92 Å². The Balaban J connectivity index is 1.95. The molecule has 0 radical (unpaired) electrons. The van der Waals surface area contributed by atoms with Crippen LogP contribution in [0.4, 0.5) is 5.69 Å². The number of nitrogens with zero attached hydrogens (tertiary/aromatic N) is 3. The molecule has 128 valence electrons. The van der Waals surface area contributed by atoms with Gasteiger partial charge in [0, 0.05) is 36.3 Å². The molecule has 0 saturated heterocycles. The van der Waals surface area contributed by atoms with Gasteiger partial charge in [0.05, 0.1) is 11.2 Å². The molecule has 3 nitrogen and oxygen atoms in total. The molecule has 1 heterocycles. The maximum Gasteiger partial charge on any atom is 0.160 e. The van der Waals surface area contributed by atoms with Gasteiger partial charge in [0.1, 0.15) is 0 Å². The molecule has 3 aromatic carbocycles. The van der Waals surface area contributed by atoms with E-state index in [-0.39, 0.29) is 0 Å². The van der Waals surface area contributed by atoms with Gasteiger partial charge >= 0.3 is 0 Å². The SMILES string of the molecule is Cc1ccc2nc(-c3ccccc3)nc(-c3ccc(N(C)C)cc3)c2c1. The normalized spacial score (nSPS) is 10.9. The van der Waals surface area contributed by atoms with E-state index < -0.39 is 0 Å². The fraction of sp³-hybridized carbons (Fsp3) is 0.130. The maximum atomic E-state index is 4.93. The minimum atomic E-state index is 0.758. The Morgan fingerprint density at radius 1 is 0.731 bits per heavy atom. The summed E-state index contributed by atoms with van der Waals surface area (Å²) in [6, 6.07) is 25.0. The summed E-state index contributed by atoms with van der Waals surface area (Å²) in [6.07, 6.45) is 0. The lowest BCUT2D eigenvalue weighted by Crippen LogP contribution is -2.08. The molecule has 0 amide bonds. The summed E-state index contributed by atoms with van der Waals surface area (Å²) in [5.74, 6) is 0.758. The quantitative estimate of drug-likeness (QED) is 0.504. The largest absolute Gasteiger partial charge is 0.378 e. The van der Waals surface area contributed by atoms with Crippen LogP contribution in [0.15, 0.2) is 72.8 Å². The Labute approximate surface area is 154 Å². The van der Waals surface area contributed by atoms with E-state index in [0.717, 1.165) is 33.5 Å². The minimum Gasteiger partial charge on any atom is -0.378 e. The van der Waals surface area contributed by atoms with E-state index in [9.17, 15) is 0 Å². The van der Waals surface area contributed by atoms with Crippen LogP contribution in [-0.4, -0.2) is 24.1 Å². The highest BCUT2D eigenvalue weighted by atomic mass is 15.1. The molecule has 0 fully saturated rings. The predicted octanol–water partition coefficient (Wildman–Crippen LogP) is 5.34. The topological polar surface area (TPSA) is 29.0 Å². The molecule has 4 aromatic rings. The van der Waals surface area contributed by atoms with Crippen LogP contribution >= 0.6 is 0 Å². The minimum absolute atomic E-state index is 0.758. The summed E-state index contributed by atoms with van der Waals surface area (Å²) in [6.45, 7) is 2.10. The molecule has 0 aliphatic rings. The van der Waals surface area contributed by atoms with Gasteiger partial charge in [-0.1, -0.05) is 54.1 Å². The summed E-state index contributed by atoms with van der Waals surface area (Å²) in [4.78, 5) is 11.8. The van der Waals surface area contributed by atoms with E-state index in [1.165, 1.54) is 11.3 Å². The van der Waals surface area contributed by atoms with Gasteiger partial charge < -0.3 is 4.90 Å². The van der Waals surface area contributed by atoms with Gasteiger partial charge in [-0.15, -0.1) is 0 Å². The van der Waals surface area contributed by atoms with Gasteiger partial charge in [0.2, 0.25) is 0 Å². The van der Waals surface area contributed by atoms with Crippen LogP contribution in [0.25, 0.3) is 33.5 Å². The first-order chi connectivity index (χ1) is 12.6. The molecule has 0 unspecified atom stereocenters. The number of benzene rings is 3. The summed E-state index contributed by atoms with van der Waals surface area (Å²) in [5, 5.41) is 1.09. The van der Waals surface area contributed by atoms with Crippen molar-refractivity contribution < 1.29 is 0 Å². The average Bonchev–Trinajstić information content (AvgIpc) is 2.68. The Morgan fingerprint density at radius 2 is 1.46 bits per heavy atom. The average molecular weight is 339 g/mol. The number of aryl methyl sites for hydroxylation is 1. The van der Waals surface area contributed by atoms with Gasteiger partial charge in [0.25, 0.3) is 0 Å². The van der Waals surface area contributed by atoms with Crippen LogP contribution in [0.2, 0.25) is 0 Å². The lowest BCUT2D eigenvalue weighted by Gasteiger charge is -2.14. The van der Waals surface area contributed by atoms with Gasteiger partial charge in [-0.25, -0.2) is 9.97 Å². The first kappa shape index (κ1) is 16.3. The van der Waals surface area contributed by atoms with Crippen molar-refractivity contribution in [3.63, 3.8) is 0 Å². The monoisotopic (exact) mass is 339 g/mol. The van der Waals surface area contributed by atoms with Gasteiger partial charge in [-0.05, 0) is 31.2 Å². The molecular weight excluding hydrogens is 318 g/mol. The van der Waals surface area contributed by atoms with Gasteiger partial charge in [0.15, 0.2) is 5.82 Å². The van der Waals surface area contributed by atoms with Crippen molar-refractivity contribution in [2.24, 2.45) is 0 Å². The highest BCUT2D eigenvalue weighted by molar-refractivity contribution is 5.94. The van der Waals surface area contributed by atoms with Crippen molar-refractivity contribution >= 4 is 16.6 Å². The second-order valence-electron chi connectivity index (χ2n) is 6.72. The standard InChI is InChI=1S/C23H21N3/c1-16-9-14-21-20(15-16)22(17-10-12-19(13-11-17)26(2)3)25-23(24-21)18-7-5-4-6-8-18/h4-15H,1-3H3. The van der Waals surface area contributed by atoms with E-state index in [1.54, 1.807) is 0 Å². The van der Waals surface area contributed by atoms with Crippen molar-refractivity contribution in [2.75, 3.05) is 19.0 Å². The molecule has 26 heavy (non-hydrogen) atoms. The molecule has 0 aliphatic carbocycles. The lowest BCUT2D eigenvalue weighted by molar-refractivity contribution is 1.13. The predicted molar refractivity (Wildman–Crippen MR) is 109 cm³/mol. The molecule has 0 N–H and O–H groups in total. The smallest absolute Gasteiger partial charge is 0.160 e. The summed E-state index contributed by atoms with van der Waals surface area (Å²) >= 11 is 0. The van der Waals surface area contributed by atoms with E-state index in [0.29, 0.717) is 0 Å². The van der Waals surface area contributed by atoms with E-state index in [1.807, 2.05) is 44.4 Å². The number of fused-ring (bicyclic) bond motifs is 1. The van der Waals surface area contributed by atoms with E-state index in [2.05, 4.69) is 54.3 Å². The first-order valence-corrected chi connectivity index (χ1v) is 8.73. The fourth-order valence-corrected chi connectivity index (χ4v) is 3.10. The van der Waals surface area contributed by atoms with Gasteiger partial charge in [-0.3, -0.25) is 0 Å². The highest BCUT2D eigenvalue weighted by Crippen LogP contribution is 2.30. The second kappa shape index (κ2) is 6.60. The van der Waals surface area contributed by atoms with Crippen molar-refractivity contribution in [3.8, 4) is 22.6 Å². The van der Waals surface area contributed by atoms with Crippen molar-refractivity contribution in [2.45, 2.75) is 6.92 Å². The number of hydrogen-bond acceptors (Lipinski definition) is 3. The second-order valence-corrected chi connectivity index (χ2v) is 6.72. The molecule has 3 heteroatoms. The van der Waals surface area contributed by atoms with Crippen LogP contribution in [0.3, 0.4) is 0 Å². The third-order valence-corrected chi connectivity index (χ3v) is 4.54. The van der Waals surface area contributed by atoms with Crippen molar-refractivity contribution in [1.82, 2.24) is 9.97 Å². The first-order valence-electron chi connectivity index (χ1n) is 8.73. The van der Waals surface area contributed by atoms with Crippen LogP contribution in [0.1, 0.15) is 5.56 Å². The van der Waals surface area contributed by atoms with Crippen LogP contribution in [0.5, 0.6) is 0 Å². The lowest BCUT2D eigenvalue weighted by atomic mass is 10.0. The van der Waals surface area contributed by atoms with Crippen molar-refractivity contribution in [3.05, 3.63) is 78.4 Å². The summed E-state index contributed by atoms with van der Waals surface area (Å²) in [5.41, 5.74) is 6.46. The molecule has 4 rings (SSSR count). The van der Waals surface area contributed by atoms with Crippen LogP contribution < -0.4 is 4.90 Å². The molecule has 0 aliphatic heterocycles. The Hall–Kier alpha value is -3.20. The third kappa shape index (κ3) is 3.04. The molecule has 0 spiro atoms. The van der Waals surface area contributed by atoms with Gasteiger partial charge in [-0.2, -0.15) is 0 Å². The van der Waals surface area contributed by atoms with Crippen LogP contribution in [-0.2, 0) is 0 Å². The molecule has 0 bridgehead atoms. The van der Waals surface area contributed by atoms with E-state index >= 15 is 0 Å². The Kier molecular flexibility index (Phi) is 4.13. The van der Waals surface area contributed by atoms with Crippen molar-refractivity contribution in [1.29, 1.82) is 0 Å². The Bertz CT molecular complexity index is 1050. The Morgan fingerprint density at radius 3 is 2.15 bits per heavy atom. The number of hydrogen-bond donors (Lipinski definition) is 0. The number of rotatable bonds is 3. The summed E-state index contributed by atoms with van der Waals surface area (Å²) in [7, 11) is 4.10. The molecule has 0 atom stereocenters. The molecule has 1 aromatic heterocycles. The maximum absolute atomic E-state index is 4.93. The zero-order chi connectivity index (χ0) is 18.1. The third-order valence-electron chi connectivity index (χ3n) is 4.54. The summed E-state index contributed by atoms with van der Waals surface area (Å²) < 4.78 is 0.